The molecule has 0 radical (unpaired) electrons. The van der Waals surface area contributed by atoms with Gasteiger partial charge in [-0.1, -0.05) is 244 Å². The zero-order valence-corrected chi connectivity index (χ0v) is 49.8. The molecule has 3 amide bonds. The molecule has 4 N–H and O–H groups in total. The van der Waals surface area contributed by atoms with E-state index >= 15 is 0 Å². The molecule has 0 bridgehead atoms. The number of allylic oxidation sites excluding steroid dienone is 4. The number of carbonyl (C=O) groups excluding carboxylic acids is 3. The predicted molar refractivity (Wildman–Crippen MR) is 315 cm³/mol. The smallest absolute Gasteiger partial charge is 0.221 e. The van der Waals surface area contributed by atoms with Gasteiger partial charge in [-0.3, -0.25) is 14.4 Å². The van der Waals surface area contributed by atoms with E-state index in [-0.39, 0.29) is 17.7 Å². The highest BCUT2D eigenvalue weighted by Gasteiger charge is 1.95. The summed E-state index contributed by atoms with van der Waals surface area (Å²) < 4.78 is 0. The lowest BCUT2D eigenvalue weighted by atomic mass is 10.2. The van der Waals surface area contributed by atoms with Gasteiger partial charge in [0.1, 0.15) is 5.82 Å². The first-order chi connectivity index (χ1) is 32.7. The molecule has 69 heavy (non-hydrogen) atoms. The lowest BCUT2D eigenvalue weighted by Crippen LogP contribution is -2.11. The van der Waals surface area contributed by atoms with Gasteiger partial charge in [0.15, 0.2) is 0 Å². The van der Waals surface area contributed by atoms with Crippen LogP contribution in [0.25, 0.3) is 11.0 Å². The van der Waals surface area contributed by atoms with Crippen molar-refractivity contribution in [2.45, 2.75) is 199 Å². The fourth-order valence-electron chi connectivity index (χ4n) is 3.07. The van der Waals surface area contributed by atoms with Crippen molar-refractivity contribution in [2.24, 2.45) is 29.6 Å². The third-order valence-electron chi connectivity index (χ3n) is 8.25. The van der Waals surface area contributed by atoms with E-state index in [0.29, 0.717) is 5.92 Å². The highest BCUT2D eigenvalue weighted by atomic mass is 16.2. The molecule has 4 aromatic rings. The van der Waals surface area contributed by atoms with Crippen molar-refractivity contribution in [3.63, 3.8) is 0 Å². The van der Waals surface area contributed by atoms with E-state index in [0.717, 1.165) is 51.9 Å². The number of fused-ring (bicyclic) bond motifs is 1. The van der Waals surface area contributed by atoms with Crippen LogP contribution in [-0.2, 0) is 14.4 Å². The van der Waals surface area contributed by atoms with Crippen LogP contribution >= 0.6 is 0 Å². The van der Waals surface area contributed by atoms with E-state index in [1.165, 1.54) is 46.5 Å². The number of hydrogen-bond acceptors (Lipinski definition) is 4. The van der Waals surface area contributed by atoms with E-state index < -0.39 is 0 Å². The van der Waals surface area contributed by atoms with Gasteiger partial charge in [0.05, 0.1) is 11.0 Å². The van der Waals surface area contributed by atoms with Gasteiger partial charge in [-0.15, -0.1) is 0 Å². The predicted octanol–water partition coefficient (Wildman–Crippen LogP) is 19.0. The Morgan fingerprint density at radius 3 is 0.971 bits per heavy atom. The van der Waals surface area contributed by atoms with Gasteiger partial charge in [0, 0.05) is 39.2 Å². The molecular formula is C61H113N5O3. The molecule has 8 nitrogen and oxygen atoms in total. The Kier molecular flexibility index (Phi) is 76.4. The van der Waals surface area contributed by atoms with Gasteiger partial charge in [-0.05, 0) is 72.9 Å². The minimum atomic E-state index is -0.0359. The van der Waals surface area contributed by atoms with Crippen LogP contribution in [0.15, 0.2) is 109 Å². The average Bonchev–Trinajstić information content (AvgIpc) is 4.00. The second-order valence-electron chi connectivity index (χ2n) is 16.1. The van der Waals surface area contributed by atoms with E-state index in [1.54, 1.807) is 7.05 Å². The summed E-state index contributed by atoms with van der Waals surface area (Å²) in [7, 11) is 1.60. The zero-order chi connectivity index (χ0) is 55.6. The summed E-state index contributed by atoms with van der Waals surface area (Å²) in [5.41, 5.74) is 3.84. The Morgan fingerprint density at radius 1 is 0.507 bits per heavy atom. The summed E-state index contributed by atoms with van der Waals surface area (Å²) >= 11 is 0. The molecule has 1 aliphatic carbocycles. The molecule has 0 fully saturated rings. The summed E-state index contributed by atoms with van der Waals surface area (Å²) in [5, 5.41) is 7.72. The normalized spacial score (nSPS) is 9.48. The van der Waals surface area contributed by atoms with Gasteiger partial charge in [0.2, 0.25) is 17.7 Å². The molecule has 0 atom stereocenters. The summed E-state index contributed by atoms with van der Waals surface area (Å²) in [5.74, 6) is 5.13. The Balaban J connectivity index is -0.000000101. The van der Waals surface area contributed by atoms with Crippen LogP contribution in [-0.4, -0.2) is 34.7 Å². The van der Waals surface area contributed by atoms with Crippen LogP contribution in [0, 0.1) is 36.5 Å². The maximum absolute atomic E-state index is 10.5. The topological polar surface area (TPSA) is 116 Å². The third-order valence-corrected chi connectivity index (χ3v) is 8.25. The number of anilines is 2. The maximum atomic E-state index is 10.5. The quantitative estimate of drug-likeness (QED) is 0.154. The maximum Gasteiger partial charge on any atom is 0.221 e. The van der Waals surface area contributed by atoms with E-state index in [9.17, 15) is 14.4 Å². The summed E-state index contributed by atoms with van der Waals surface area (Å²) in [4.78, 5) is 38.1. The van der Waals surface area contributed by atoms with Crippen LogP contribution in [0.1, 0.15) is 198 Å². The molecule has 0 aliphatic heterocycles. The van der Waals surface area contributed by atoms with Gasteiger partial charge < -0.3 is 20.9 Å². The van der Waals surface area contributed by atoms with E-state index in [1.807, 2.05) is 147 Å². The first-order valence-corrected chi connectivity index (χ1v) is 26.3. The number of aromatic nitrogens is 2. The molecule has 0 spiro atoms. The van der Waals surface area contributed by atoms with Gasteiger partial charge in [-0.25, -0.2) is 4.98 Å². The number of amides is 3. The van der Waals surface area contributed by atoms with Crippen molar-refractivity contribution in [1.82, 2.24) is 15.3 Å². The number of aromatic amines is 1. The molecule has 3 aromatic carbocycles. The van der Waals surface area contributed by atoms with Gasteiger partial charge in [0.25, 0.3) is 0 Å². The van der Waals surface area contributed by atoms with Crippen molar-refractivity contribution in [1.29, 1.82) is 0 Å². The highest BCUT2D eigenvalue weighted by molar-refractivity contribution is 5.89. The fourth-order valence-corrected chi connectivity index (χ4v) is 3.07. The number of rotatable bonds is 6. The van der Waals surface area contributed by atoms with E-state index in [4.69, 9.17) is 0 Å². The van der Waals surface area contributed by atoms with Crippen LogP contribution in [0.4, 0.5) is 11.4 Å². The molecule has 0 unspecified atom stereocenters. The van der Waals surface area contributed by atoms with E-state index in [2.05, 4.69) is 140 Å². The highest BCUT2D eigenvalue weighted by Crippen LogP contribution is 2.09. The Hall–Kier alpha value is -4.98. The van der Waals surface area contributed by atoms with Crippen molar-refractivity contribution in [2.75, 3.05) is 17.7 Å². The number of carbonyl (C=O) groups is 3. The van der Waals surface area contributed by atoms with Crippen molar-refractivity contribution < 1.29 is 14.4 Å². The molecule has 0 saturated carbocycles. The van der Waals surface area contributed by atoms with Gasteiger partial charge >= 0.3 is 0 Å². The number of para-hydroxylation sites is 4. The Labute approximate surface area is 429 Å². The second-order valence-corrected chi connectivity index (χ2v) is 16.1. The van der Waals surface area contributed by atoms with Crippen LogP contribution in [0.2, 0.25) is 0 Å². The minimum absolute atomic E-state index is 0.00463. The standard InChI is InChI=1S/C8H8N2.2C8H9NO.C6H8.4C5H12.C3H7NO.4C2H6/c1-6-9-7-4-2-3-5-8(7)10-6;2*1-7(10)9-8-5-3-2-4-6-8;1-6-4-2-3-5-6;4*1-4-5(2)3;1-3(5)4-2;4*1-2/h2-5H,1H3,(H,9,10);2*2-6H,1H3,(H,9,10);2-6H,1H3;4*5H,4H2,1-3H3;1-2H3,(H,4,5);4*1-2H3. The Morgan fingerprint density at radius 2 is 0.768 bits per heavy atom. The minimum Gasteiger partial charge on any atom is -0.359 e. The lowest BCUT2D eigenvalue weighted by Gasteiger charge is -1.98. The van der Waals surface area contributed by atoms with Crippen molar-refractivity contribution >= 4 is 40.1 Å². The number of hydrogen-bond donors (Lipinski definition) is 4. The SMILES string of the molecule is CC.CC.CC.CC.CC(=O)Nc1ccccc1.CC(=O)Nc1ccccc1.CC1C=CC=C1.CCC(C)C.CCC(C)C.CCC(C)C.CCC(C)C.CNC(C)=O.Cc1nc2ccccc2[nH]1. The number of nitrogens with zero attached hydrogens (tertiary/aromatic N) is 1. The Bertz CT molecular complexity index is 1520. The molecule has 8 heteroatoms. The van der Waals surface area contributed by atoms with Crippen LogP contribution in [0.5, 0.6) is 0 Å². The van der Waals surface area contributed by atoms with Crippen molar-refractivity contribution in [3.05, 3.63) is 115 Å². The molecule has 0 saturated heterocycles. The molecule has 400 valence electrons. The number of aryl methyl sites for hydroxylation is 1. The third kappa shape index (κ3) is 77.5. The summed E-state index contributed by atoms with van der Waals surface area (Å²) in [6.07, 6.45) is 13.7. The van der Waals surface area contributed by atoms with Crippen LogP contribution in [0.3, 0.4) is 0 Å². The first-order valence-electron chi connectivity index (χ1n) is 26.3. The average molecular weight is 965 g/mol. The number of benzene rings is 3. The number of imidazole rings is 1. The monoisotopic (exact) mass is 964 g/mol. The second kappa shape index (κ2) is 65.1. The fraction of sp³-hybridized carbons (Fsp3) is 0.574. The molecule has 1 aliphatic rings. The zero-order valence-electron chi connectivity index (χ0n) is 49.8. The molecular weight excluding hydrogens is 851 g/mol. The largest absolute Gasteiger partial charge is 0.359 e. The molecule has 5 rings (SSSR count). The van der Waals surface area contributed by atoms with Gasteiger partial charge in [-0.2, -0.15) is 0 Å². The summed E-state index contributed by atoms with van der Waals surface area (Å²) in [6, 6.07) is 26.7. The lowest BCUT2D eigenvalue weighted by molar-refractivity contribution is -0.118. The number of H-pyrrole nitrogens is 1. The van der Waals surface area contributed by atoms with Crippen molar-refractivity contribution in [3.8, 4) is 0 Å². The number of nitrogens with one attached hydrogen (secondary N) is 4. The summed E-state index contributed by atoms with van der Waals surface area (Å²) in [6.45, 7) is 51.2. The first kappa shape index (κ1) is 81.0. The molecule has 1 heterocycles. The van der Waals surface area contributed by atoms with Crippen LogP contribution < -0.4 is 16.0 Å². The molecule has 1 aromatic heterocycles.